The Morgan fingerprint density at radius 3 is 2.40 bits per heavy atom. The molecule has 2 nitrogen and oxygen atoms in total. The van der Waals surface area contributed by atoms with Crippen molar-refractivity contribution in [3.05, 3.63) is 69.4 Å². The van der Waals surface area contributed by atoms with Gasteiger partial charge in [-0.1, -0.05) is 34.8 Å². The van der Waals surface area contributed by atoms with E-state index in [1.807, 2.05) is 25.1 Å². The Labute approximate surface area is 125 Å². The minimum atomic E-state index is -0.233. The van der Waals surface area contributed by atoms with Crippen molar-refractivity contribution in [2.45, 2.75) is 6.92 Å². The number of hydrogen-bond acceptors (Lipinski definition) is 2. The Morgan fingerprint density at radius 2 is 1.70 bits per heavy atom. The zero-order chi connectivity index (χ0) is 14.3. The molecule has 0 radical (unpaired) electrons. The van der Waals surface area contributed by atoms with Crippen LogP contribution in [-0.4, -0.2) is 5.78 Å². The number of rotatable bonds is 2. The molecule has 100 valence electrons. The molecular weight excluding hydrogens is 295 g/mol. The van der Waals surface area contributed by atoms with Gasteiger partial charge in [0.05, 0.1) is 0 Å². The van der Waals surface area contributed by atoms with Crippen LogP contribution in [0.25, 0.3) is 11.0 Å². The van der Waals surface area contributed by atoms with E-state index in [-0.39, 0.29) is 11.5 Å². The van der Waals surface area contributed by atoms with Crippen molar-refractivity contribution in [3.8, 4) is 0 Å². The first-order chi connectivity index (χ1) is 9.52. The van der Waals surface area contributed by atoms with Gasteiger partial charge in [-0.3, -0.25) is 4.79 Å². The van der Waals surface area contributed by atoms with Crippen molar-refractivity contribution >= 4 is 40.0 Å². The van der Waals surface area contributed by atoms with E-state index in [1.165, 1.54) is 0 Å². The summed E-state index contributed by atoms with van der Waals surface area (Å²) in [5, 5.41) is 1.75. The number of fused-ring (bicyclic) bond motifs is 1. The lowest BCUT2D eigenvalue weighted by atomic mass is 10.1. The van der Waals surface area contributed by atoms with Crippen molar-refractivity contribution in [2.24, 2.45) is 0 Å². The van der Waals surface area contributed by atoms with Crippen molar-refractivity contribution in [1.29, 1.82) is 0 Å². The Kier molecular flexibility index (Phi) is 3.28. The van der Waals surface area contributed by atoms with E-state index in [2.05, 4.69) is 0 Å². The van der Waals surface area contributed by atoms with Crippen molar-refractivity contribution in [3.63, 3.8) is 0 Å². The van der Waals surface area contributed by atoms with Crippen LogP contribution in [0.5, 0.6) is 0 Å². The Bertz CT molecular complexity index is 798. The normalized spacial score (nSPS) is 10.9. The number of hydrogen-bond donors (Lipinski definition) is 0. The molecule has 0 aliphatic carbocycles. The van der Waals surface area contributed by atoms with E-state index >= 15 is 0 Å². The molecule has 0 saturated heterocycles. The SMILES string of the molecule is Cc1ccc2oc(C(=O)c3cc(Cl)cc(Cl)c3)cc2c1. The third-order valence-electron chi connectivity index (χ3n) is 3.02. The average molecular weight is 305 g/mol. The molecular formula is C16H10Cl2O2. The molecule has 3 aromatic rings. The van der Waals surface area contributed by atoms with Gasteiger partial charge in [0.15, 0.2) is 5.76 Å². The molecule has 0 N–H and O–H groups in total. The summed E-state index contributed by atoms with van der Waals surface area (Å²) in [7, 11) is 0. The molecule has 0 bridgehead atoms. The summed E-state index contributed by atoms with van der Waals surface area (Å²) in [6.07, 6.45) is 0. The molecule has 0 unspecified atom stereocenters. The topological polar surface area (TPSA) is 30.2 Å². The first kappa shape index (κ1) is 13.2. The zero-order valence-electron chi connectivity index (χ0n) is 10.6. The third kappa shape index (κ3) is 2.45. The molecule has 0 aliphatic heterocycles. The van der Waals surface area contributed by atoms with Crippen molar-refractivity contribution in [1.82, 2.24) is 0 Å². The predicted molar refractivity (Wildman–Crippen MR) is 80.8 cm³/mol. The molecule has 1 aromatic heterocycles. The lowest BCUT2D eigenvalue weighted by Crippen LogP contribution is -1.99. The van der Waals surface area contributed by atoms with Gasteiger partial charge in [-0.2, -0.15) is 0 Å². The van der Waals surface area contributed by atoms with E-state index in [1.54, 1.807) is 24.3 Å². The summed E-state index contributed by atoms with van der Waals surface area (Å²) in [5.74, 6) is 0.0483. The average Bonchev–Trinajstić information content (AvgIpc) is 2.79. The minimum Gasteiger partial charge on any atom is -0.453 e. The monoisotopic (exact) mass is 304 g/mol. The minimum absolute atomic E-state index is 0.233. The molecule has 0 atom stereocenters. The van der Waals surface area contributed by atoms with Gasteiger partial charge in [0, 0.05) is 21.0 Å². The summed E-state index contributed by atoms with van der Waals surface area (Å²) in [6.45, 7) is 1.99. The quantitative estimate of drug-likeness (QED) is 0.603. The van der Waals surface area contributed by atoms with Crippen LogP contribution >= 0.6 is 23.2 Å². The Hall–Kier alpha value is -1.77. The molecule has 2 aromatic carbocycles. The second-order valence-electron chi connectivity index (χ2n) is 4.64. The van der Waals surface area contributed by atoms with E-state index in [4.69, 9.17) is 27.6 Å². The van der Waals surface area contributed by atoms with Gasteiger partial charge >= 0.3 is 0 Å². The van der Waals surface area contributed by atoms with Crippen LogP contribution in [0.4, 0.5) is 0 Å². The van der Waals surface area contributed by atoms with E-state index in [0.29, 0.717) is 21.2 Å². The fraction of sp³-hybridized carbons (Fsp3) is 0.0625. The van der Waals surface area contributed by atoms with E-state index in [9.17, 15) is 4.79 Å². The summed E-state index contributed by atoms with van der Waals surface area (Å²) in [4.78, 5) is 12.4. The largest absolute Gasteiger partial charge is 0.453 e. The molecule has 0 fully saturated rings. The van der Waals surface area contributed by atoms with Gasteiger partial charge < -0.3 is 4.42 Å². The molecule has 4 heteroatoms. The van der Waals surface area contributed by atoms with Gasteiger partial charge in [0.2, 0.25) is 5.78 Å². The van der Waals surface area contributed by atoms with Crippen LogP contribution in [-0.2, 0) is 0 Å². The lowest BCUT2D eigenvalue weighted by molar-refractivity contribution is 0.101. The lowest BCUT2D eigenvalue weighted by Gasteiger charge is -1.99. The van der Waals surface area contributed by atoms with Crippen molar-refractivity contribution in [2.75, 3.05) is 0 Å². The highest BCUT2D eigenvalue weighted by Crippen LogP contribution is 2.25. The predicted octanol–water partition coefficient (Wildman–Crippen LogP) is 5.28. The van der Waals surface area contributed by atoms with Gasteiger partial charge in [-0.25, -0.2) is 0 Å². The highest BCUT2D eigenvalue weighted by Gasteiger charge is 2.15. The summed E-state index contributed by atoms with van der Waals surface area (Å²) >= 11 is 11.8. The highest BCUT2D eigenvalue weighted by molar-refractivity contribution is 6.35. The number of benzene rings is 2. The van der Waals surface area contributed by atoms with E-state index < -0.39 is 0 Å². The van der Waals surface area contributed by atoms with Crippen LogP contribution in [0.2, 0.25) is 10.0 Å². The number of furan rings is 1. The first-order valence-electron chi connectivity index (χ1n) is 6.04. The maximum absolute atomic E-state index is 12.4. The molecule has 0 saturated carbocycles. The number of ketones is 1. The summed E-state index contributed by atoms with van der Waals surface area (Å²) in [6, 6.07) is 12.2. The Morgan fingerprint density at radius 1 is 1.00 bits per heavy atom. The second kappa shape index (κ2) is 4.97. The van der Waals surface area contributed by atoms with Gasteiger partial charge in [-0.15, -0.1) is 0 Å². The van der Waals surface area contributed by atoms with Crippen LogP contribution in [0, 0.1) is 6.92 Å². The smallest absolute Gasteiger partial charge is 0.228 e. The molecule has 1 heterocycles. The molecule has 0 amide bonds. The van der Waals surface area contributed by atoms with Crippen LogP contribution in [0.1, 0.15) is 21.7 Å². The van der Waals surface area contributed by atoms with Crippen LogP contribution < -0.4 is 0 Å². The number of aryl methyl sites for hydroxylation is 1. The van der Waals surface area contributed by atoms with Gasteiger partial charge in [0.25, 0.3) is 0 Å². The highest BCUT2D eigenvalue weighted by atomic mass is 35.5. The van der Waals surface area contributed by atoms with Crippen LogP contribution in [0.3, 0.4) is 0 Å². The molecule has 3 rings (SSSR count). The number of halogens is 2. The maximum Gasteiger partial charge on any atom is 0.228 e. The van der Waals surface area contributed by atoms with Crippen molar-refractivity contribution < 1.29 is 9.21 Å². The van der Waals surface area contributed by atoms with Crippen LogP contribution in [0.15, 0.2) is 46.9 Å². The fourth-order valence-electron chi connectivity index (χ4n) is 2.10. The van der Waals surface area contributed by atoms with Gasteiger partial charge in [0.1, 0.15) is 5.58 Å². The second-order valence-corrected chi connectivity index (χ2v) is 5.51. The summed E-state index contributed by atoms with van der Waals surface area (Å²) < 4.78 is 5.58. The summed E-state index contributed by atoms with van der Waals surface area (Å²) in [5.41, 5.74) is 2.22. The van der Waals surface area contributed by atoms with Gasteiger partial charge in [-0.05, 0) is 43.3 Å². The van der Waals surface area contributed by atoms with E-state index in [0.717, 1.165) is 10.9 Å². The molecule has 0 aliphatic rings. The maximum atomic E-state index is 12.4. The number of carbonyl (C=O) groups is 1. The Balaban J connectivity index is 2.07. The molecule has 0 spiro atoms. The molecule has 20 heavy (non-hydrogen) atoms. The third-order valence-corrected chi connectivity index (χ3v) is 3.46. The zero-order valence-corrected chi connectivity index (χ0v) is 12.1. The fourth-order valence-corrected chi connectivity index (χ4v) is 2.63. The first-order valence-corrected chi connectivity index (χ1v) is 6.79. The number of carbonyl (C=O) groups excluding carboxylic acids is 1. The standard InChI is InChI=1S/C16H10Cl2O2/c1-9-2-3-14-10(4-9)7-15(20-14)16(19)11-5-12(17)8-13(18)6-11/h2-8H,1H3.